The summed E-state index contributed by atoms with van der Waals surface area (Å²) >= 11 is 0. The maximum absolute atomic E-state index is 4.43. The van der Waals surface area contributed by atoms with Crippen LogP contribution in [-0.4, -0.2) is 0 Å². The van der Waals surface area contributed by atoms with Crippen molar-refractivity contribution >= 4 is 0 Å². The predicted molar refractivity (Wildman–Crippen MR) is 60.0 cm³/mol. The van der Waals surface area contributed by atoms with Crippen molar-refractivity contribution < 1.29 is 0 Å². The third kappa shape index (κ3) is 0.951. The second kappa shape index (κ2) is 2.87. The second-order valence-electron chi connectivity index (χ2n) is 6.00. The Morgan fingerprint density at radius 3 is 2.36 bits per heavy atom. The molecule has 3 rings (SSSR count). The number of allylic oxidation sites excluding steroid dienone is 1. The third-order valence-electron chi connectivity index (χ3n) is 5.67. The first kappa shape index (κ1) is 9.00. The van der Waals surface area contributed by atoms with Gasteiger partial charge in [-0.15, -0.1) is 0 Å². The van der Waals surface area contributed by atoms with E-state index in [-0.39, 0.29) is 0 Å². The van der Waals surface area contributed by atoms with Crippen molar-refractivity contribution in [3.05, 3.63) is 12.2 Å². The van der Waals surface area contributed by atoms with E-state index in [0.717, 1.165) is 17.8 Å². The van der Waals surface area contributed by atoms with Gasteiger partial charge in [0, 0.05) is 0 Å². The molecule has 0 aromatic rings. The smallest absolute Gasteiger partial charge is 0.00596 e. The van der Waals surface area contributed by atoms with Crippen LogP contribution >= 0.6 is 0 Å². The minimum Gasteiger partial charge on any atom is -0.0990 e. The van der Waals surface area contributed by atoms with E-state index in [2.05, 4.69) is 13.5 Å². The number of rotatable bonds is 1. The van der Waals surface area contributed by atoms with Gasteiger partial charge in [0.1, 0.15) is 0 Å². The van der Waals surface area contributed by atoms with Gasteiger partial charge in [-0.1, -0.05) is 31.9 Å². The summed E-state index contributed by atoms with van der Waals surface area (Å²) in [4.78, 5) is 0. The molecule has 0 spiro atoms. The van der Waals surface area contributed by atoms with E-state index in [1.54, 1.807) is 5.57 Å². The van der Waals surface area contributed by atoms with Gasteiger partial charge >= 0.3 is 0 Å². The van der Waals surface area contributed by atoms with E-state index in [4.69, 9.17) is 0 Å². The van der Waals surface area contributed by atoms with E-state index in [1.165, 1.54) is 44.9 Å². The molecule has 0 radical (unpaired) electrons. The summed E-state index contributed by atoms with van der Waals surface area (Å²) in [5.74, 6) is 2.90. The van der Waals surface area contributed by atoms with Crippen LogP contribution in [0, 0.1) is 23.2 Å². The lowest BCUT2D eigenvalue weighted by molar-refractivity contribution is 0.155. The summed E-state index contributed by atoms with van der Waals surface area (Å²) < 4.78 is 0. The number of hydrogen-bond acceptors (Lipinski definition) is 0. The molecule has 3 fully saturated rings. The van der Waals surface area contributed by atoms with Crippen molar-refractivity contribution in [1.82, 2.24) is 0 Å². The average Bonchev–Trinajstić information content (AvgIpc) is 2.87. The molecule has 0 unspecified atom stereocenters. The summed E-state index contributed by atoms with van der Waals surface area (Å²) in [7, 11) is 0. The van der Waals surface area contributed by atoms with Crippen LogP contribution in [0.2, 0.25) is 0 Å². The molecule has 3 saturated carbocycles. The summed E-state index contributed by atoms with van der Waals surface area (Å²) in [6.07, 6.45) is 10.3. The SMILES string of the molecule is C=C1[C@H]2CC[C@H](C2)[C@]1(C)C1CCCC1. The Kier molecular flexibility index (Phi) is 1.84. The first-order chi connectivity index (χ1) is 6.73. The first-order valence-corrected chi connectivity index (χ1v) is 6.42. The minimum atomic E-state index is 0.555. The maximum atomic E-state index is 4.43. The molecule has 0 aliphatic heterocycles. The third-order valence-corrected chi connectivity index (χ3v) is 5.67. The molecular formula is C14H22. The first-order valence-electron chi connectivity index (χ1n) is 6.42. The minimum absolute atomic E-state index is 0.555. The molecule has 0 heteroatoms. The Balaban J connectivity index is 1.91. The van der Waals surface area contributed by atoms with Gasteiger partial charge < -0.3 is 0 Å². The van der Waals surface area contributed by atoms with Gasteiger partial charge in [0.25, 0.3) is 0 Å². The van der Waals surface area contributed by atoms with Crippen molar-refractivity contribution in [1.29, 1.82) is 0 Å². The van der Waals surface area contributed by atoms with E-state index in [0.29, 0.717) is 5.41 Å². The van der Waals surface area contributed by atoms with Gasteiger partial charge in [-0.25, -0.2) is 0 Å². The summed E-state index contributed by atoms with van der Waals surface area (Å²) in [5, 5.41) is 0. The lowest BCUT2D eigenvalue weighted by atomic mass is 9.63. The van der Waals surface area contributed by atoms with E-state index >= 15 is 0 Å². The molecule has 3 atom stereocenters. The monoisotopic (exact) mass is 190 g/mol. The fourth-order valence-electron chi connectivity index (χ4n) is 4.67. The molecule has 0 N–H and O–H groups in total. The van der Waals surface area contributed by atoms with Gasteiger partial charge in [-0.05, 0) is 55.3 Å². The Bertz CT molecular complexity index is 259. The van der Waals surface area contributed by atoms with Crippen LogP contribution in [0.25, 0.3) is 0 Å². The highest BCUT2D eigenvalue weighted by molar-refractivity contribution is 5.26. The zero-order valence-corrected chi connectivity index (χ0v) is 9.39. The molecule has 2 bridgehead atoms. The zero-order valence-electron chi connectivity index (χ0n) is 9.39. The fraction of sp³-hybridized carbons (Fsp3) is 0.857. The highest BCUT2D eigenvalue weighted by Gasteiger charge is 2.54. The van der Waals surface area contributed by atoms with Crippen molar-refractivity contribution in [3.8, 4) is 0 Å². The van der Waals surface area contributed by atoms with Gasteiger partial charge in [0.2, 0.25) is 0 Å². The van der Waals surface area contributed by atoms with Crippen molar-refractivity contribution in [2.45, 2.75) is 51.9 Å². The average molecular weight is 190 g/mol. The normalized spacial score (nSPS) is 47.9. The predicted octanol–water partition coefficient (Wildman–Crippen LogP) is 4.17. The van der Waals surface area contributed by atoms with E-state index in [9.17, 15) is 0 Å². The summed E-state index contributed by atoms with van der Waals surface area (Å²) in [5.41, 5.74) is 2.19. The van der Waals surface area contributed by atoms with Crippen LogP contribution in [0.15, 0.2) is 12.2 Å². The Morgan fingerprint density at radius 1 is 1.07 bits per heavy atom. The largest absolute Gasteiger partial charge is 0.0990 e. The molecule has 0 aromatic heterocycles. The standard InChI is InChI=1S/C14H22/c1-10-11-7-8-13(9-11)14(10,2)12-5-3-4-6-12/h11-13H,1,3-9H2,2H3/t11-,13+,14-/m0/s1. The van der Waals surface area contributed by atoms with Crippen molar-refractivity contribution in [2.24, 2.45) is 23.2 Å². The molecule has 3 aliphatic carbocycles. The number of fused-ring (bicyclic) bond motifs is 2. The Morgan fingerprint density at radius 2 is 1.79 bits per heavy atom. The molecule has 0 saturated heterocycles. The van der Waals surface area contributed by atoms with Crippen molar-refractivity contribution in [2.75, 3.05) is 0 Å². The molecule has 14 heavy (non-hydrogen) atoms. The highest BCUT2D eigenvalue weighted by Crippen LogP contribution is 2.64. The van der Waals surface area contributed by atoms with Crippen LogP contribution < -0.4 is 0 Å². The topological polar surface area (TPSA) is 0 Å². The van der Waals surface area contributed by atoms with Crippen LogP contribution in [-0.2, 0) is 0 Å². The quantitative estimate of drug-likeness (QED) is 0.544. The van der Waals surface area contributed by atoms with Crippen LogP contribution in [0.1, 0.15) is 51.9 Å². The van der Waals surface area contributed by atoms with Crippen molar-refractivity contribution in [3.63, 3.8) is 0 Å². The second-order valence-corrected chi connectivity index (χ2v) is 6.00. The highest BCUT2D eigenvalue weighted by atomic mass is 14.6. The molecule has 3 aliphatic rings. The lowest BCUT2D eigenvalue weighted by Crippen LogP contribution is -2.33. The van der Waals surface area contributed by atoms with Crippen LogP contribution in [0.4, 0.5) is 0 Å². The van der Waals surface area contributed by atoms with Gasteiger partial charge in [0.15, 0.2) is 0 Å². The van der Waals surface area contributed by atoms with Gasteiger partial charge in [0.05, 0.1) is 0 Å². The van der Waals surface area contributed by atoms with E-state index in [1.807, 2.05) is 0 Å². The lowest BCUT2D eigenvalue weighted by Gasteiger charge is -2.41. The maximum Gasteiger partial charge on any atom is -0.00596 e. The zero-order chi connectivity index (χ0) is 9.76. The van der Waals surface area contributed by atoms with Crippen LogP contribution in [0.3, 0.4) is 0 Å². The molecule has 78 valence electrons. The summed E-state index contributed by atoms with van der Waals surface area (Å²) in [6.45, 7) is 6.97. The molecular weight excluding hydrogens is 168 g/mol. The fourth-order valence-corrected chi connectivity index (χ4v) is 4.67. The van der Waals surface area contributed by atoms with Gasteiger partial charge in [-0.3, -0.25) is 0 Å². The summed E-state index contributed by atoms with van der Waals surface area (Å²) in [6, 6.07) is 0. The Hall–Kier alpha value is -0.260. The molecule has 0 nitrogen and oxygen atoms in total. The van der Waals surface area contributed by atoms with Gasteiger partial charge in [-0.2, -0.15) is 0 Å². The van der Waals surface area contributed by atoms with Crippen LogP contribution in [0.5, 0.6) is 0 Å². The molecule has 0 heterocycles. The Labute approximate surface area is 87.8 Å². The molecule has 0 amide bonds. The molecule has 0 aromatic carbocycles. The van der Waals surface area contributed by atoms with E-state index < -0.39 is 0 Å². The number of hydrogen-bond donors (Lipinski definition) is 0.